The molecule has 6 aromatic rings. The van der Waals surface area contributed by atoms with E-state index in [0.29, 0.717) is 26.1 Å². The van der Waals surface area contributed by atoms with Gasteiger partial charge < -0.3 is 15.2 Å². The Kier molecular flexibility index (Phi) is 5.12. The molecule has 1 aliphatic heterocycles. The smallest absolute Gasteiger partial charge is 0.332 e. The van der Waals surface area contributed by atoms with E-state index in [9.17, 15) is 0 Å². The number of hydrogen-bond donors (Lipinski definition) is 1. The number of fused-ring (bicyclic) bond motifs is 3. The molecule has 0 radical (unpaired) electrons. The van der Waals surface area contributed by atoms with Crippen molar-refractivity contribution in [2.75, 3.05) is 13.2 Å². The lowest BCUT2D eigenvalue weighted by Gasteiger charge is -2.50. The van der Waals surface area contributed by atoms with Crippen LogP contribution < -0.4 is 10.1 Å². The quantitative estimate of drug-likeness (QED) is 0.338. The van der Waals surface area contributed by atoms with Crippen molar-refractivity contribution in [3.05, 3.63) is 109 Å². The largest absolute Gasteiger partial charge is 0.347 e. The summed E-state index contributed by atoms with van der Waals surface area (Å²) >= 11 is 0. The average Bonchev–Trinajstić information content (AvgIpc) is 3.63. The summed E-state index contributed by atoms with van der Waals surface area (Å²) in [6, 6.07) is 28.7. The number of ether oxygens (including phenoxy) is 2. The first-order chi connectivity index (χ1) is 19.6. The molecule has 0 bridgehead atoms. The summed E-state index contributed by atoms with van der Waals surface area (Å²) in [6.07, 6.45) is 7.03. The summed E-state index contributed by atoms with van der Waals surface area (Å²) in [6.45, 7) is 1.26. The van der Waals surface area contributed by atoms with E-state index in [0.717, 1.165) is 50.4 Å². The molecule has 2 aliphatic rings. The third-order valence-electron chi connectivity index (χ3n) is 8.06. The van der Waals surface area contributed by atoms with Crippen LogP contribution >= 0.6 is 0 Å². The van der Waals surface area contributed by atoms with E-state index in [4.69, 9.17) is 25.3 Å². The van der Waals surface area contributed by atoms with Gasteiger partial charge in [-0.2, -0.15) is 4.40 Å². The van der Waals surface area contributed by atoms with Crippen molar-refractivity contribution in [3.8, 4) is 28.3 Å². The summed E-state index contributed by atoms with van der Waals surface area (Å²) in [4.78, 5) is 9.41. The Morgan fingerprint density at radius 2 is 1.60 bits per heavy atom. The van der Waals surface area contributed by atoms with Crippen molar-refractivity contribution in [3.63, 3.8) is 0 Å². The fourth-order valence-electron chi connectivity index (χ4n) is 6.10. The average molecular weight is 528 g/mol. The molecule has 8 nitrogen and oxygen atoms in total. The van der Waals surface area contributed by atoms with Gasteiger partial charge in [0, 0.05) is 30.8 Å². The Morgan fingerprint density at radius 1 is 0.825 bits per heavy atom. The summed E-state index contributed by atoms with van der Waals surface area (Å²) in [5, 5.41) is 6.08. The summed E-state index contributed by atoms with van der Waals surface area (Å²) in [5.41, 5.74) is 13.0. The van der Waals surface area contributed by atoms with Gasteiger partial charge in [0.25, 0.3) is 5.65 Å². The number of rotatable bonds is 4. The molecular weight excluding hydrogens is 500 g/mol. The second-order valence-corrected chi connectivity index (χ2v) is 10.6. The summed E-state index contributed by atoms with van der Waals surface area (Å²) < 4.78 is 15.7. The molecule has 196 valence electrons. The van der Waals surface area contributed by atoms with E-state index in [1.807, 2.05) is 59.5 Å². The highest BCUT2D eigenvalue weighted by Gasteiger charge is 2.57. The van der Waals surface area contributed by atoms with Crippen LogP contribution in [0.15, 0.2) is 104 Å². The number of hydrogen-bond acceptors (Lipinski definition) is 6. The van der Waals surface area contributed by atoms with Crippen molar-refractivity contribution < 1.29 is 13.9 Å². The second kappa shape index (κ2) is 8.76. The number of aromatic nitrogens is 5. The number of nitrogens with two attached hydrogens (primary N) is 1. The zero-order chi connectivity index (χ0) is 26.7. The first-order valence-electron chi connectivity index (χ1n) is 13.5. The van der Waals surface area contributed by atoms with Crippen molar-refractivity contribution in [2.24, 2.45) is 5.73 Å². The molecular formula is C32H27N6O2+. The van der Waals surface area contributed by atoms with Gasteiger partial charge in [-0.3, -0.25) is 4.98 Å². The molecule has 5 heterocycles. The monoisotopic (exact) mass is 527 g/mol. The van der Waals surface area contributed by atoms with Crippen molar-refractivity contribution in [2.45, 2.75) is 24.2 Å². The molecule has 4 aromatic heterocycles. The molecule has 0 amide bonds. The van der Waals surface area contributed by atoms with Crippen LogP contribution in [0.5, 0.6) is 0 Å². The maximum atomic E-state index is 6.78. The van der Waals surface area contributed by atoms with E-state index >= 15 is 0 Å². The molecule has 0 unspecified atom stereocenters. The zero-order valence-electron chi connectivity index (χ0n) is 21.8. The van der Waals surface area contributed by atoms with Crippen LogP contribution in [-0.2, 0) is 15.0 Å². The number of pyridine rings is 3. The molecule has 1 spiro atoms. The third kappa shape index (κ3) is 3.65. The van der Waals surface area contributed by atoms with Crippen LogP contribution in [0.1, 0.15) is 18.4 Å². The molecule has 2 fully saturated rings. The van der Waals surface area contributed by atoms with Crippen LogP contribution in [0.3, 0.4) is 0 Å². The fourth-order valence-corrected chi connectivity index (χ4v) is 6.10. The molecule has 2 N–H and O–H groups in total. The highest BCUT2D eigenvalue weighted by Crippen LogP contribution is 2.51. The molecule has 8 rings (SSSR count). The lowest BCUT2D eigenvalue weighted by molar-refractivity contribution is -0.498. The van der Waals surface area contributed by atoms with Gasteiger partial charge in [-0.1, -0.05) is 53.2 Å². The van der Waals surface area contributed by atoms with E-state index in [2.05, 4.69) is 51.8 Å². The Bertz CT molecular complexity index is 1860. The SMILES string of the molecule is NC1(c2ccc(-n3nc(-c4ccccn4)[n+]4ccc5ncc(-c6ccccc6)cc5c34)cc2)CC2(C1)OCCO2. The molecule has 40 heavy (non-hydrogen) atoms. The van der Waals surface area contributed by atoms with Gasteiger partial charge in [0.2, 0.25) is 0 Å². The Morgan fingerprint density at radius 3 is 2.35 bits per heavy atom. The normalized spacial score (nSPS) is 17.4. The van der Waals surface area contributed by atoms with Gasteiger partial charge in [-0.05, 0) is 47.5 Å². The van der Waals surface area contributed by atoms with E-state index in [-0.39, 0.29) is 0 Å². The minimum Gasteiger partial charge on any atom is -0.347 e. The van der Waals surface area contributed by atoms with E-state index in [1.165, 1.54) is 0 Å². The minimum absolute atomic E-state index is 0.468. The second-order valence-electron chi connectivity index (χ2n) is 10.6. The molecule has 1 saturated carbocycles. The lowest BCUT2D eigenvalue weighted by atomic mass is 9.68. The Hall–Kier alpha value is -4.50. The molecule has 8 heteroatoms. The van der Waals surface area contributed by atoms with Gasteiger partial charge in [0.05, 0.1) is 41.0 Å². The molecule has 1 aliphatic carbocycles. The summed E-state index contributed by atoms with van der Waals surface area (Å²) in [5.74, 6) is 0.237. The standard InChI is InChI=1S/C32H27N6O2/c33-31(20-32(21-31)39-16-17-40-32)24-9-11-25(12-10-24)38-30-26-18-23(22-6-2-1-3-7-22)19-35-27(26)13-15-37(30)29(36-38)28-8-4-5-14-34-28/h1-15,18-19H,16-17,20-21,33H2/q+1. The van der Waals surface area contributed by atoms with Gasteiger partial charge >= 0.3 is 5.82 Å². The van der Waals surface area contributed by atoms with Gasteiger partial charge in [-0.25, -0.2) is 4.98 Å². The molecule has 0 atom stereocenters. The zero-order valence-corrected chi connectivity index (χ0v) is 21.8. The first-order valence-corrected chi connectivity index (χ1v) is 13.5. The summed E-state index contributed by atoms with van der Waals surface area (Å²) in [7, 11) is 0. The van der Waals surface area contributed by atoms with Crippen LogP contribution in [0.4, 0.5) is 0 Å². The van der Waals surface area contributed by atoms with Gasteiger partial charge in [0.15, 0.2) is 5.79 Å². The van der Waals surface area contributed by atoms with Crippen molar-refractivity contribution in [1.29, 1.82) is 0 Å². The Labute approximate surface area is 230 Å². The maximum Gasteiger partial charge on any atom is 0.332 e. The predicted octanol–water partition coefficient (Wildman–Crippen LogP) is 4.58. The molecule has 1 saturated heterocycles. The lowest BCUT2D eigenvalue weighted by Crippen LogP contribution is -2.60. The van der Waals surface area contributed by atoms with Crippen LogP contribution in [0.2, 0.25) is 0 Å². The topological polar surface area (TPSA) is 92.2 Å². The minimum atomic E-state index is -0.512. The fraction of sp³-hybridized carbons (Fsp3) is 0.188. The van der Waals surface area contributed by atoms with Crippen LogP contribution in [0.25, 0.3) is 44.9 Å². The van der Waals surface area contributed by atoms with Crippen LogP contribution in [-0.4, -0.2) is 38.7 Å². The van der Waals surface area contributed by atoms with E-state index < -0.39 is 11.3 Å². The van der Waals surface area contributed by atoms with Crippen molar-refractivity contribution in [1.82, 2.24) is 19.7 Å². The highest BCUT2D eigenvalue weighted by molar-refractivity contribution is 5.93. The number of nitrogens with zero attached hydrogens (tertiary/aromatic N) is 5. The molecule has 2 aromatic carbocycles. The third-order valence-corrected chi connectivity index (χ3v) is 8.06. The highest BCUT2D eigenvalue weighted by atomic mass is 16.7. The van der Waals surface area contributed by atoms with Crippen LogP contribution in [0, 0.1) is 0 Å². The van der Waals surface area contributed by atoms with Gasteiger partial charge in [-0.15, -0.1) is 0 Å². The Balaban J connectivity index is 1.28. The van der Waals surface area contributed by atoms with Gasteiger partial charge in [0.1, 0.15) is 11.4 Å². The van der Waals surface area contributed by atoms with Crippen molar-refractivity contribution >= 4 is 16.6 Å². The maximum absolute atomic E-state index is 6.78. The predicted molar refractivity (Wildman–Crippen MR) is 150 cm³/mol. The van der Waals surface area contributed by atoms with E-state index in [1.54, 1.807) is 6.20 Å². The number of benzene rings is 2. The first kappa shape index (κ1) is 23.4.